The summed E-state index contributed by atoms with van der Waals surface area (Å²) in [4.78, 5) is 25.9. The van der Waals surface area contributed by atoms with E-state index in [2.05, 4.69) is 18.8 Å². The van der Waals surface area contributed by atoms with Crippen molar-refractivity contribution in [2.24, 2.45) is 0 Å². The molecule has 1 N–H and O–H groups in total. The van der Waals surface area contributed by atoms with E-state index in [-0.39, 0.29) is 6.61 Å². The quantitative estimate of drug-likeness (QED) is 0.212. The second-order valence-electron chi connectivity index (χ2n) is 7.96. The van der Waals surface area contributed by atoms with Gasteiger partial charge in [-0.1, -0.05) is 58.4 Å². The van der Waals surface area contributed by atoms with Gasteiger partial charge in [-0.2, -0.15) is 0 Å². The van der Waals surface area contributed by atoms with Crippen LogP contribution >= 0.6 is 7.82 Å². The fourth-order valence-electron chi connectivity index (χ4n) is 3.20. The van der Waals surface area contributed by atoms with E-state index in [4.69, 9.17) is 18.3 Å². The van der Waals surface area contributed by atoms with Gasteiger partial charge in [0.1, 0.15) is 6.10 Å². The highest BCUT2D eigenvalue weighted by Crippen LogP contribution is 2.50. The van der Waals surface area contributed by atoms with E-state index < -0.39 is 31.4 Å². The maximum atomic E-state index is 13.1. The SMILES string of the molecule is CCCCCCOP(=O)(OCCCCCC)OC[C@@H]1C=C[C@H](n2cc(C)c(=O)[nH]c2=O)O1. The van der Waals surface area contributed by atoms with Gasteiger partial charge in [0, 0.05) is 11.8 Å². The molecule has 1 aliphatic rings. The Bertz CT molecular complexity index is 862. The van der Waals surface area contributed by atoms with Crippen molar-refractivity contribution in [2.75, 3.05) is 19.8 Å². The Morgan fingerprint density at radius 3 is 2.19 bits per heavy atom. The van der Waals surface area contributed by atoms with Crippen LogP contribution in [0.3, 0.4) is 0 Å². The minimum absolute atomic E-state index is 0.0364. The lowest BCUT2D eigenvalue weighted by Crippen LogP contribution is -2.33. The van der Waals surface area contributed by atoms with E-state index in [9.17, 15) is 14.2 Å². The zero-order valence-electron chi connectivity index (χ0n) is 19.4. The van der Waals surface area contributed by atoms with Gasteiger partial charge in [0.2, 0.25) is 0 Å². The molecule has 0 saturated carbocycles. The third-order valence-electron chi connectivity index (χ3n) is 5.12. The van der Waals surface area contributed by atoms with Crippen molar-refractivity contribution in [2.45, 2.75) is 84.5 Å². The van der Waals surface area contributed by atoms with E-state index in [1.807, 2.05) is 0 Å². The van der Waals surface area contributed by atoms with Gasteiger partial charge < -0.3 is 4.74 Å². The molecule has 2 heterocycles. The van der Waals surface area contributed by atoms with Crippen LogP contribution in [0.5, 0.6) is 0 Å². The molecule has 0 amide bonds. The maximum Gasteiger partial charge on any atom is 0.474 e. The van der Waals surface area contributed by atoms with Crippen LogP contribution in [-0.4, -0.2) is 35.5 Å². The Morgan fingerprint density at radius 1 is 0.969 bits per heavy atom. The highest BCUT2D eigenvalue weighted by molar-refractivity contribution is 7.48. The number of rotatable bonds is 16. The lowest BCUT2D eigenvalue weighted by atomic mass is 10.2. The Morgan fingerprint density at radius 2 is 1.59 bits per heavy atom. The zero-order valence-corrected chi connectivity index (χ0v) is 20.3. The fourth-order valence-corrected chi connectivity index (χ4v) is 4.46. The Hall–Kier alpha value is -1.51. The number of hydrogen-bond donors (Lipinski definition) is 1. The fraction of sp³-hybridized carbons (Fsp3) is 0.727. The van der Waals surface area contributed by atoms with Crippen molar-refractivity contribution in [3.05, 3.63) is 44.8 Å². The molecule has 1 aromatic rings. The first-order valence-electron chi connectivity index (χ1n) is 11.6. The summed E-state index contributed by atoms with van der Waals surface area (Å²) in [7, 11) is -3.71. The van der Waals surface area contributed by atoms with Crippen molar-refractivity contribution in [1.82, 2.24) is 9.55 Å². The van der Waals surface area contributed by atoms with Crippen LogP contribution in [0.1, 0.15) is 77.0 Å². The molecule has 0 aliphatic carbocycles. The van der Waals surface area contributed by atoms with E-state index in [0.29, 0.717) is 18.8 Å². The number of unbranched alkanes of at least 4 members (excludes halogenated alkanes) is 6. The molecule has 0 fully saturated rings. The first kappa shape index (κ1) is 26.7. The number of nitrogens with one attached hydrogen (secondary N) is 1. The summed E-state index contributed by atoms with van der Waals surface area (Å²) in [5, 5.41) is 0. The molecule has 1 aliphatic heterocycles. The predicted octanol–water partition coefficient (Wildman–Crippen LogP) is 4.62. The first-order valence-corrected chi connectivity index (χ1v) is 13.0. The molecule has 2 atom stereocenters. The molecular weight excluding hydrogens is 435 g/mol. The highest BCUT2D eigenvalue weighted by Gasteiger charge is 2.30. The number of aryl methyl sites for hydroxylation is 1. The van der Waals surface area contributed by atoms with E-state index in [1.165, 1.54) is 10.8 Å². The molecule has 0 aromatic carbocycles. The standard InChI is InChI=1S/C22H37N2O7P/c1-4-6-8-10-14-28-32(27,29-15-11-9-7-5-2)30-17-19-12-13-20(31-19)24-16-18(3)21(25)23-22(24)26/h12-13,16,19-20H,4-11,14-15,17H2,1-3H3,(H,23,25,26)/t19-,20+/m0/s1. The van der Waals surface area contributed by atoms with Gasteiger partial charge >= 0.3 is 13.5 Å². The number of H-pyrrole nitrogens is 1. The summed E-state index contributed by atoms with van der Waals surface area (Å²) in [5.74, 6) is 0. The summed E-state index contributed by atoms with van der Waals surface area (Å²) in [6, 6.07) is 0. The Balaban J connectivity index is 1.89. The maximum absolute atomic E-state index is 13.1. The van der Waals surface area contributed by atoms with Crippen LogP contribution in [0.2, 0.25) is 0 Å². The van der Waals surface area contributed by atoms with Gasteiger partial charge in [-0.05, 0) is 25.8 Å². The molecule has 0 radical (unpaired) electrons. The number of phosphoric ester groups is 1. The summed E-state index contributed by atoms with van der Waals surface area (Å²) < 4.78 is 36.8. The molecule has 32 heavy (non-hydrogen) atoms. The van der Waals surface area contributed by atoms with Crippen LogP contribution in [0.4, 0.5) is 0 Å². The predicted molar refractivity (Wildman–Crippen MR) is 123 cm³/mol. The molecule has 0 bridgehead atoms. The number of aromatic nitrogens is 2. The monoisotopic (exact) mass is 472 g/mol. The van der Waals surface area contributed by atoms with E-state index in [1.54, 1.807) is 19.1 Å². The lowest BCUT2D eigenvalue weighted by molar-refractivity contribution is -0.0150. The van der Waals surface area contributed by atoms with Gasteiger partial charge in [-0.15, -0.1) is 0 Å². The Labute approximate surface area is 189 Å². The molecule has 9 nitrogen and oxygen atoms in total. The van der Waals surface area contributed by atoms with Crippen molar-refractivity contribution in [3.8, 4) is 0 Å². The van der Waals surface area contributed by atoms with Crippen molar-refractivity contribution < 1.29 is 22.9 Å². The average Bonchev–Trinajstić information content (AvgIpc) is 3.24. The van der Waals surface area contributed by atoms with Crippen molar-refractivity contribution in [3.63, 3.8) is 0 Å². The smallest absolute Gasteiger partial charge is 0.344 e. The van der Waals surface area contributed by atoms with Crippen LogP contribution in [0, 0.1) is 6.92 Å². The number of hydrogen-bond acceptors (Lipinski definition) is 7. The molecule has 10 heteroatoms. The van der Waals surface area contributed by atoms with Gasteiger partial charge in [0.05, 0.1) is 19.8 Å². The second kappa shape index (κ2) is 13.9. The van der Waals surface area contributed by atoms with Crippen LogP contribution in [-0.2, 0) is 22.9 Å². The number of aromatic amines is 1. The van der Waals surface area contributed by atoms with Crippen LogP contribution < -0.4 is 11.2 Å². The second-order valence-corrected chi connectivity index (χ2v) is 9.63. The Kier molecular flexibility index (Phi) is 11.6. The number of nitrogens with zero attached hydrogens (tertiary/aromatic N) is 1. The average molecular weight is 473 g/mol. The lowest BCUT2D eigenvalue weighted by Gasteiger charge is -2.21. The molecule has 0 saturated heterocycles. The van der Waals surface area contributed by atoms with E-state index >= 15 is 0 Å². The largest absolute Gasteiger partial charge is 0.474 e. The summed E-state index contributed by atoms with van der Waals surface area (Å²) >= 11 is 0. The molecule has 0 spiro atoms. The molecule has 182 valence electrons. The van der Waals surface area contributed by atoms with Crippen LogP contribution in [0.15, 0.2) is 27.9 Å². The number of ether oxygens (including phenoxy) is 1. The van der Waals surface area contributed by atoms with Crippen molar-refractivity contribution >= 4 is 7.82 Å². The molecule has 1 aromatic heterocycles. The summed E-state index contributed by atoms with van der Waals surface area (Å²) in [6.45, 7) is 6.44. The minimum atomic E-state index is -3.71. The topological polar surface area (TPSA) is 109 Å². The molecular formula is C22H37N2O7P. The molecule has 0 unspecified atom stereocenters. The zero-order chi connectivity index (χ0) is 23.4. The third kappa shape index (κ3) is 8.79. The van der Waals surface area contributed by atoms with Gasteiger partial charge in [0.25, 0.3) is 5.56 Å². The van der Waals surface area contributed by atoms with E-state index in [0.717, 1.165) is 51.4 Å². The summed E-state index contributed by atoms with van der Waals surface area (Å²) in [5.41, 5.74) is -0.590. The third-order valence-corrected chi connectivity index (χ3v) is 6.58. The number of phosphoric acid groups is 1. The highest BCUT2D eigenvalue weighted by atomic mass is 31.2. The first-order chi connectivity index (χ1) is 15.4. The molecule has 2 rings (SSSR count). The minimum Gasteiger partial charge on any atom is -0.344 e. The van der Waals surface area contributed by atoms with Crippen LogP contribution in [0.25, 0.3) is 0 Å². The van der Waals surface area contributed by atoms with Gasteiger partial charge in [-0.3, -0.25) is 27.9 Å². The normalized spacial score (nSPS) is 18.5. The van der Waals surface area contributed by atoms with Gasteiger partial charge in [0.15, 0.2) is 6.23 Å². The van der Waals surface area contributed by atoms with Crippen molar-refractivity contribution in [1.29, 1.82) is 0 Å². The summed E-state index contributed by atoms with van der Waals surface area (Å²) in [6.07, 6.45) is 11.6. The van der Waals surface area contributed by atoms with Gasteiger partial charge in [-0.25, -0.2) is 9.36 Å².